The normalized spacial score (nSPS) is 13.3. The van der Waals surface area contributed by atoms with E-state index in [0.717, 1.165) is 27.6 Å². The van der Waals surface area contributed by atoms with E-state index in [9.17, 15) is 9.59 Å². The third-order valence-corrected chi connectivity index (χ3v) is 5.90. The van der Waals surface area contributed by atoms with Gasteiger partial charge in [0.25, 0.3) is 0 Å². The average molecular weight is 468 g/mol. The number of hydrogen-bond donors (Lipinski definition) is 0. The summed E-state index contributed by atoms with van der Waals surface area (Å²) in [6, 6.07) is 9.23. The Kier molecular flexibility index (Phi) is 7.07. The van der Waals surface area contributed by atoms with Crippen LogP contribution in [0.1, 0.15) is 35.6 Å². The summed E-state index contributed by atoms with van der Waals surface area (Å²) in [5.41, 5.74) is 3.69. The summed E-state index contributed by atoms with van der Waals surface area (Å²) < 4.78 is 27.6. The second-order valence-electron chi connectivity index (χ2n) is 8.22. The molecule has 8 heteroatoms. The number of fused-ring (bicyclic) bond motifs is 3. The monoisotopic (exact) mass is 467 g/mol. The van der Waals surface area contributed by atoms with E-state index < -0.39 is 5.63 Å². The van der Waals surface area contributed by atoms with Crippen molar-refractivity contribution in [3.63, 3.8) is 0 Å². The van der Waals surface area contributed by atoms with Crippen molar-refractivity contribution in [2.24, 2.45) is 0 Å². The van der Waals surface area contributed by atoms with Crippen molar-refractivity contribution < 1.29 is 28.2 Å². The van der Waals surface area contributed by atoms with Crippen LogP contribution in [-0.4, -0.2) is 38.4 Å². The average Bonchev–Trinajstić information content (AvgIpc) is 2.83. The van der Waals surface area contributed by atoms with Gasteiger partial charge in [-0.25, -0.2) is 4.79 Å². The fourth-order valence-electron chi connectivity index (χ4n) is 4.30. The molecule has 1 aromatic heterocycles. The van der Waals surface area contributed by atoms with E-state index in [2.05, 4.69) is 4.90 Å². The lowest BCUT2D eigenvalue weighted by Gasteiger charge is -2.31. The Morgan fingerprint density at radius 3 is 2.65 bits per heavy atom. The molecule has 0 spiro atoms. The number of carbonyl (C=O) groups excluding carboxylic acids is 1. The first kappa shape index (κ1) is 23.6. The molecule has 2 aromatic carbocycles. The minimum absolute atomic E-state index is 0.250. The van der Waals surface area contributed by atoms with Gasteiger partial charge in [0.15, 0.2) is 11.5 Å². The molecule has 0 fully saturated rings. The Morgan fingerprint density at radius 2 is 1.91 bits per heavy atom. The molecule has 3 aromatic rings. The summed E-state index contributed by atoms with van der Waals surface area (Å²) in [4.78, 5) is 26.2. The molecule has 0 N–H and O–H groups in total. The molecule has 0 radical (unpaired) electrons. The molecule has 2 heterocycles. The third kappa shape index (κ3) is 4.87. The highest BCUT2D eigenvalue weighted by Gasteiger charge is 2.26. The number of rotatable bonds is 8. The summed E-state index contributed by atoms with van der Waals surface area (Å²) in [5.74, 6) is 1.75. The number of methoxy groups -OCH3 is 2. The van der Waals surface area contributed by atoms with Gasteiger partial charge in [0.05, 0.1) is 26.4 Å². The Balaban J connectivity index is 1.67. The predicted octanol–water partition coefficient (Wildman–Crippen LogP) is 3.97. The molecule has 8 nitrogen and oxygen atoms in total. The lowest BCUT2D eigenvalue weighted by molar-refractivity contribution is -0.143. The summed E-state index contributed by atoms with van der Waals surface area (Å²) in [7, 11) is 3.21. The van der Waals surface area contributed by atoms with Crippen molar-refractivity contribution in [3.8, 4) is 17.2 Å². The van der Waals surface area contributed by atoms with Gasteiger partial charge in [-0.05, 0) is 55.2 Å². The molecule has 0 saturated carbocycles. The predicted molar refractivity (Wildman–Crippen MR) is 126 cm³/mol. The van der Waals surface area contributed by atoms with Gasteiger partial charge < -0.3 is 23.4 Å². The van der Waals surface area contributed by atoms with Gasteiger partial charge in [0, 0.05) is 31.0 Å². The van der Waals surface area contributed by atoms with E-state index in [1.165, 1.54) is 6.07 Å². The zero-order valence-electron chi connectivity index (χ0n) is 19.9. The minimum Gasteiger partial charge on any atom is -0.493 e. The van der Waals surface area contributed by atoms with Crippen molar-refractivity contribution in [2.75, 3.05) is 27.6 Å². The van der Waals surface area contributed by atoms with Gasteiger partial charge in [-0.15, -0.1) is 0 Å². The zero-order chi connectivity index (χ0) is 24.2. The van der Waals surface area contributed by atoms with Crippen LogP contribution in [0, 0.1) is 6.92 Å². The topological polar surface area (TPSA) is 87.4 Å². The maximum Gasteiger partial charge on any atom is 0.336 e. The number of ether oxygens (including phenoxy) is 4. The van der Waals surface area contributed by atoms with Gasteiger partial charge in [-0.2, -0.15) is 0 Å². The number of benzene rings is 2. The van der Waals surface area contributed by atoms with Gasteiger partial charge in [-0.1, -0.05) is 6.07 Å². The fourth-order valence-corrected chi connectivity index (χ4v) is 4.30. The molecule has 1 aliphatic rings. The van der Waals surface area contributed by atoms with Crippen LogP contribution in [-0.2, 0) is 29.0 Å². The van der Waals surface area contributed by atoms with Crippen molar-refractivity contribution in [1.29, 1.82) is 0 Å². The molecular weight excluding hydrogens is 438 g/mol. The summed E-state index contributed by atoms with van der Waals surface area (Å²) in [6.45, 7) is 5.50. The molecular formula is C26H29NO7. The van der Waals surface area contributed by atoms with Gasteiger partial charge in [0.1, 0.15) is 18.1 Å². The number of hydrogen-bond acceptors (Lipinski definition) is 8. The van der Waals surface area contributed by atoms with Crippen molar-refractivity contribution in [1.82, 2.24) is 4.90 Å². The van der Waals surface area contributed by atoms with Crippen LogP contribution < -0.4 is 19.8 Å². The van der Waals surface area contributed by atoms with Gasteiger partial charge in [0.2, 0.25) is 0 Å². The Morgan fingerprint density at radius 1 is 1.12 bits per heavy atom. The maximum absolute atomic E-state index is 12.2. The molecule has 0 aliphatic carbocycles. The van der Waals surface area contributed by atoms with E-state index in [1.54, 1.807) is 21.1 Å². The Hall–Kier alpha value is -3.52. The van der Waals surface area contributed by atoms with Gasteiger partial charge in [-0.3, -0.25) is 9.69 Å². The highest BCUT2D eigenvalue weighted by molar-refractivity contribution is 5.86. The van der Waals surface area contributed by atoms with Crippen LogP contribution in [0.3, 0.4) is 0 Å². The molecule has 4 rings (SSSR count). The van der Waals surface area contributed by atoms with Crippen molar-refractivity contribution in [3.05, 3.63) is 63.0 Å². The highest BCUT2D eigenvalue weighted by atomic mass is 16.5. The van der Waals surface area contributed by atoms with Crippen LogP contribution in [0.4, 0.5) is 0 Å². The minimum atomic E-state index is -0.400. The van der Waals surface area contributed by atoms with E-state index in [1.807, 2.05) is 31.2 Å². The van der Waals surface area contributed by atoms with E-state index in [0.29, 0.717) is 55.7 Å². The molecule has 180 valence electrons. The first-order valence-electron chi connectivity index (χ1n) is 11.2. The van der Waals surface area contributed by atoms with Crippen LogP contribution in [0.5, 0.6) is 17.2 Å². The molecule has 0 saturated heterocycles. The summed E-state index contributed by atoms with van der Waals surface area (Å²) in [6.07, 6.45) is 0.728. The third-order valence-electron chi connectivity index (χ3n) is 5.90. The molecule has 0 atom stereocenters. The van der Waals surface area contributed by atoms with Crippen LogP contribution >= 0.6 is 0 Å². The Bertz CT molecular complexity index is 1260. The molecule has 0 unspecified atom stereocenters. The van der Waals surface area contributed by atoms with E-state index >= 15 is 0 Å². The van der Waals surface area contributed by atoms with Crippen LogP contribution in [0.15, 0.2) is 39.5 Å². The molecule has 1 aliphatic heterocycles. The fraction of sp³-hybridized carbons (Fsp3) is 0.385. The van der Waals surface area contributed by atoms with E-state index in [4.69, 9.17) is 23.4 Å². The lowest BCUT2D eigenvalue weighted by atomic mass is 9.97. The standard InChI is InChI=1S/C26H29NO7/c1-5-32-23(28)9-7-18-12-19-16(2)10-24(29)34-26(19)20-14-27(15-33-25(18)20)13-17-6-8-21(30-3)22(11-17)31-4/h6,8,10-12H,5,7,9,13-15H2,1-4H3. The quantitative estimate of drug-likeness (QED) is 0.363. The van der Waals surface area contributed by atoms with Crippen molar-refractivity contribution >= 4 is 16.9 Å². The molecule has 34 heavy (non-hydrogen) atoms. The highest BCUT2D eigenvalue weighted by Crippen LogP contribution is 2.38. The number of aryl methyl sites for hydroxylation is 2. The molecule has 0 bridgehead atoms. The summed E-state index contributed by atoms with van der Waals surface area (Å²) >= 11 is 0. The van der Waals surface area contributed by atoms with Crippen LogP contribution in [0.25, 0.3) is 11.0 Å². The first-order valence-corrected chi connectivity index (χ1v) is 11.2. The molecule has 0 amide bonds. The number of nitrogens with zero attached hydrogens (tertiary/aromatic N) is 1. The summed E-state index contributed by atoms with van der Waals surface area (Å²) in [5, 5.41) is 0.841. The van der Waals surface area contributed by atoms with Gasteiger partial charge >= 0.3 is 11.6 Å². The van der Waals surface area contributed by atoms with Crippen molar-refractivity contribution in [2.45, 2.75) is 39.8 Å². The second-order valence-corrected chi connectivity index (χ2v) is 8.22. The smallest absolute Gasteiger partial charge is 0.336 e. The maximum atomic E-state index is 12.2. The lowest BCUT2D eigenvalue weighted by Crippen LogP contribution is -2.32. The van der Waals surface area contributed by atoms with E-state index in [-0.39, 0.29) is 12.4 Å². The number of esters is 1. The largest absolute Gasteiger partial charge is 0.493 e. The second kappa shape index (κ2) is 10.2. The first-order chi connectivity index (χ1) is 16.4. The Labute approximate surface area is 198 Å². The zero-order valence-corrected chi connectivity index (χ0v) is 19.9. The van der Waals surface area contributed by atoms with Crippen LogP contribution in [0.2, 0.25) is 0 Å². The number of carbonyl (C=O) groups is 1. The SMILES string of the molecule is CCOC(=O)CCc1cc2c(C)cc(=O)oc2c2c1OCN(Cc1ccc(OC)c(OC)c1)C2.